The maximum absolute atomic E-state index is 12.9. The molecule has 3 rings (SSSR count). The number of hydrogen-bond donors (Lipinski definition) is 1. The number of ether oxygens (including phenoxy) is 1. The Morgan fingerprint density at radius 1 is 1.26 bits per heavy atom. The van der Waals surface area contributed by atoms with Gasteiger partial charge in [0.25, 0.3) is 0 Å². The number of benzene rings is 1. The number of nitrogens with one attached hydrogen (secondary N) is 1. The Balaban J connectivity index is 1.58. The first-order valence-corrected chi connectivity index (χ1v) is 7.18. The van der Waals surface area contributed by atoms with E-state index in [9.17, 15) is 4.39 Å². The quantitative estimate of drug-likeness (QED) is 0.721. The molecule has 0 fully saturated rings. The number of hydrogen-bond acceptors (Lipinski definition) is 6. The van der Waals surface area contributed by atoms with E-state index in [0.29, 0.717) is 31.7 Å². The fourth-order valence-corrected chi connectivity index (χ4v) is 1.94. The minimum Gasteiger partial charge on any atom is -0.406 e. The smallest absolute Gasteiger partial charge is 0.315 e. The van der Waals surface area contributed by atoms with Crippen LogP contribution in [0.25, 0.3) is 5.69 Å². The summed E-state index contributed by atoms with van der Waals surface area (Å²) in [5, 5.41) is 15.0. The molecular weight excluding hydrogens is 301 g/mol. The summed E-state index contributed by atoms with van der Waals surface area (Å²) in [7, 11) is 0. The Morgan fingerprint density at radius 3 is 2.87 bits per heavy atom. The second kappa shape index (κ2) is 7.01. The molecule has 0 unspecified atom stereocenters. The Labute approximate surface area is 132 Å². The van der Waals surface area contributed by atoms with E-state index in [4.69, 9.17) is 9.15 Å². The van der Waals surface area contributed by atoms with Crippen LogP contribution in [0.5, 0.6) is 0 Å². The summed E-state index contributed by atoms with van der Waals surface area (Å²) in [6.45, 7) is 3.27. The summed E-state index contributed by atoms with van der Waals surface area (Å²) in [5.74, 6) is 0.151. The zero-order valence-corrected chi connectivity index (χ0v) is 12.6. The zero-order chi connectivity index (χ0) is 16.1. The molecule has 0 amide bonds. The molecule has 0 saturated carbocycles. The fourth-order valence-electron chi connectivity index (χ4n) is 1.94. The van der Waals surface area contributed by atoms with Crippen molar-refractivity contribution in [1.29, 1.82) is 0 Å². The lowest BCUT2D eigenvalue weighted by Crippen LogP contribution is -1.99. The van der Waals surface area contributed by atoms with E-state index in [2.05, 4.69) is 20.6 Å². The van der Waals surface area contributed by atoms with Crippen LogP contribution in [0.4, 0.5) is 10.4 Å². The van der Waals surface area contributed by atoms with Crippen LogP contribution in [-0.2, 0) is 17.9 Å². The number of nitrogens with zero attached hydrogens (tertiary/aromatic N) is 4. The predicted molar refractivity (Wildman–Crippen MR) is 80.5 cm³/mol. The normalized spacial score (nSPS) is 10.9. The van der Waals surface area contributed by atoms with Crippen LogP contribution in [0.1, 0.15) is 18.4 Å². The molecule has 2 aromatic heterocycles. The number of rotatable bonds is 7. The third-order valence-corrected chi connectivity index (χ3v) is 3.07. The molecule has 7 nitrogen and oxygen atoms in total. The molecule has 0 bridgehead atoms. The summed E-state index contributed by atoms with van der Waals surface area (Å²) < 4.78 is 25.2. The molecule has 1 N–H and O–H groups in total. The second-order valence-corrected chi connectivity index (χ2v) is 4.76. The minimum atomic E-state index is -0.276. The molecule has 0 saturated heterocycles. The highest BCUT2D eigenvalue weighted by atomic mass is 19.1. The molecular formula is C15H16FN5O2. The topological polar surface area (TPSA) is 78.0 Å². The van der Waals surface area contributed by atoms with Gasteiger partial charge in [-0.1, -0.05) is 5.10 Å². The van der Waals surface area contributed by atoms with Crippen molar-refractivity contribution >= 4 is 6.01 Å². The minimum absolute atomic E-state index is 0.276. The van der Waals surface area contributed by atoms with Gasteiger partial charge < -0.3 is 14.5 Å². The van der Waals surface area contributed by atoms with Crippen LogP contribution < -0.4 is 5.32 Å². The number of halogens is 1. The van der Waals surface area contributed by atoms with Crippen molar-refractivity contribution in [2.45, 2.75) is 20.1 Å². The van der Waals surface area contributed by atoms with Crippen LogP contribution in [0.3, 0.4) is 0 Å². The Morgan fingerprint density at radius 2 is 2.09 bits per heavy atom. The molecule has 8 heteroatoms. The van der Waals surface area contributed by atoms with Crippen molar-refractivity contribution in [3.8, 4) is 5.69 Å². The third kappa shape index (κ3) is 3.92. The molecule has 0 atom stereocenters. The third-order valence-electron chi connectivity index (χ3n) is 3.07. The van der Waals surface area contributed by atoms with Gasteiger partial charge in [-0.3, -0.25) is 0 Å². The van der Waals surface area contributed by atoms with Crippen molar-refractivity contribution in [2.75, 3.05) is 11.9 Å². The Hall–Kier alpha value is -2.74. The maximum Gasteiger partial charge on any atom is 0.315 e. The molecule has 3 aromatic rings. The van der Waals surface area contributed by atoms with Crippen LogP contribution in [0, 0.1) is 5.82 Å². The first kappa shape index (κ1) is 15.2. The van der Waals surface area contributed by atoms with Gasteiger partial charge in [-0.15, -0.1) is 5.10 Å². The van der Waals surface area contributed by atoms with Gasteiger partial charge in [0.15, 0.2) is 0 Å². The predicted octanol–water partition coefficient (Wildman–Crippen LogP) is 2.54. The molecule has 2 heterocycles. The Bertz CT molecular complexity index is 753. The number of anilines is 1. The van der Waals surface area contributed by atoms with Gasteiger partial charge in [-0.25, -0.2) is 9.07 Å². The molecule has 0 aliphatic rings. The zero-order valence-electron chi connectivity index (χ0n) is 12.6. The van der Waals surface area contributed by atoms with Gasteiger partial charge in [0.1, 0.15) is 12.4 Å². The average molecular weight is 317 g/mol. The van der Waals surface area contributed by atoms with Gasteiger partial charge in [0.05, 0.1) is 11.9 Å². The summed E-state index contributed by atoms with van der Waals surface area (Å²) >= 11 is 0. The van der Waals surface area contributed by atoms with Gasteiger partial charge in [0, 0.05) is 24.9 Å². The molecule has 1 aromatic carbocycles. The molecule has 0 radical (unpaired) electrons. The van der Waals surface area contributed by atoms with Crippen LogP contribution in [-0.4, -0.2) is 26.6 Å². The van der Waals surface area contributed by atoms with Gasteiger partial charge in [-0.2, -0.15) is 5.10 Å². The van der Waals surface area contributed by atoms with E-state index < -0.39 is 0 Å². The lowest BCUT2D eigenvalue weighted by molar-refractivity contribution is 0.115. The highest BCUT2D eigenvalue weighted by Crippen LogP contribution is 2.12. The monoisotopic (exact) mass is 317 g/mol. The van der Waals surface area contributed by atoms with Crippen LogP contribution in [0.2, 0.25) is 0 Å². The van der Waals surface area contributed by atoms with E-state index in [1.165, 1.54) is 12.1 Å². The second-order valence-electron chi connectivity index (χ2n) is 4.76. The van der Waals surface area contributed by atoms with E-state index in [1.54, 1.807) is 23.0 Å². The summed E-state index contributed by atoms with van der Waals surface area (Å²) in [6.07, 6.45) is 3.56. The van der Waals surface area contributed by atoms with Crippen molar-refractivity contribution in [3.63, 3.8) is 0 Å². The van der Waals surface area contributed by atoms with Crippen molar-refractivity contribution in [2.24, 2.45) is 0 Å². The van der Waals surface area contributed by atoms with Crippen LogP contribution >= 0.6 is 0 Å². The Kier molecular flexibility index (Phi) is 4.62. The highest BCUT2D eigenvalue weighted by molar-refractivity contribution is 5.32. The van der Waals surface area contributed by atoms with Crippen molar-refractivity contribution in [1.82, 2.24) is 20.0 Å². The van der Waals surface area contributed by atoms with E-state index in [1.807, 2.05) is 13.1 Å². The van der Waals surface area contributed by atoms with E-state index in [-0.39, 0.29) is 5.82 Å². The lowest BCUT2D eigenvalue weighted by atomic mass is 10.3. The molecule has 0 spiro atoms. The molecule has 0 aliphatic heterocycles. The first-order valence-electron chi connectivity index (χ1n) is 7.18. The molecule has 120 valence electrons. The highest BCUT2D eigenvalue weighted by Gasteiger charge is 2.07. The van der Waals surface area contributed by atoms with Crippen molar-refractivity contribution in [3.05, 3.63) is 53.9 Å². The summed E-state index contributed by atoms with van der Waals surface area (Å²) in [4.78, 5) is 0. The summed E-state index contributed by atoms with van der Waals surface area (Å²) in [5.41, 5.74) is 1.72. The van der Waals surface area contributed by atoms with E-state index in [0.717, 1.165) is 11.3 Å². The van der Waals surface area contributed by atoms with E-state index >= 15 is 0 Å². The first-order chi connectivity index (χ1) is 11.2. The van der Waals surface area contributed by atoms with Crippen LogP contribution in [0.15, 0.2) is 41.1 Å². The SMILES string of the molecule is CCOCc1nnc(NCc2cnn(-c3ccc(F)cc3)c2)o1. The largest absolute Gasteiger partial charge is 0.406 e. The molecule has 0 aliphatic carbocycles. The average Bonchev–Trinajstić information content (AvgIpc) is 3.21. The maximum atomic E-state index is 12.9. The van der Waals surface area contributed by atoms with Gasteiger partial charge >= 0.3 is 6.01 Å². The lowest BCUT2D eigenvalue weighted by Gasteiger charge is -2.00. The van der Waals surface area contributed by atoms with Crippen molar-refractivity contribution < 1.29 is 13.5 Å². The molecule has 23 heavy (non-hydrogen) atoms. The number of aromatic nitrogens is 4. The fraction of sp³-hybridized carbons (Fsp3) is 0.267. The van der Waals surface area contributed by atoms with Gasteiger partial charge in [-0.05, 0) is 31.2 Å². The van der Waals surface area contributed by atoms with Gasteiger partial charge in [0.2, 0.25) is 5.89 Å². The standard InChI is InChI=1S/C15H16FN5O2/c1-2-22-10-14-19-20-15(23-14)17-7-11-8-18-21(9-11)13-5-3-12(16)4-6-13/h3-6,8-9H,2,7,10H2,1H3,(H,17,20). The summed E-state index contributed by atoms with van der Waals surface area (Å²) in [6, 6.07) is 6.45.